The lowest BCUT2D eigenvalue weighted by Gasteiger charge is -2.52. The Kier molecular flexibility index (Phi) is 3.38. The highest BCUT2D eigenvalue weighted by Crippen LogP contribution is 2.53. The van der Waals surface area contributed by atoms with E-state index in [-0.39, 0.29) is 29.1 Å². The number of nitrogens with zero attached hydrogens (tertiary/aromatic N) is 1. The van der Waals surface area contributed by atoms with Gasteiger partial charge in [0, 0.05) is 5.54 Å². The molecule has 1 aromatic carbocycles. The summed E-state index contributed by atoms with van der Waals surface area (Å²) in [6.45, 7) is 2.34. The number of carbonyl (C=O) groups excluding carboxylic acids is 1. The normalized spacial score (nSPS) is 29.1. The van der Waals surface area contributed by atoms with Crippen molar-refractivity contribution in [1.82, 2.24) is 10.2 Å². The Hall–Kier alpha value is -1.66. The summed E-state index contributed by atoms with van der Waals surface area (Å²) in [6.07, 6.45) is 4.72. The highest BCUT2D eigenvalue weighted by atomic mass is 32.1. The van der Waals surface area contributed by atoms with Gasteiger partial charge in [0.05, 0.1) is 22.7 Å². The summed E-state index contributed by atoms with van der Waals surface area (Å²) in [5.74, 6) is 0.355. The van der Waals surface area contributed by atoms with E-state index in [9.17, 15) is 9.18 Å². The monoisotopic (exact) mass is 360 g/mol. The lowest BCUT2D eigenvalue weighted by molar-refractivity contribution is -0.00138. The van der Waals surface area contributed by atoms with Crippen LogP contribution in [0, 0.1) is 11.7 Å². The summed E-state index contributed by atoms with van der Waals surface area (Å²) >= 11 is 1.21. The van der Waals surface area contributed by atoms with Gasteiger partial charge < -0.3 is 10.1 Å². The summed E-state index contributed by atoms with van der Waals surface area (Å²) in [7, 11) is 1.45. The number of fused-ring (bicyclic) bond motifs is 3. The van der Waals surface area contributed by atoms with Crippen LogP contribution in [-0.2, 0) is 0 Å². The second-order valence-electron chi connectivity index (χ2n) is 7.49. The van der Waals surface area contributed by atoms with Crippen LogP contribution in [0.4, 0.5) is 4.39 Å². The van der Waals surface area contributed by atoms with Gasteiger partial charge in [-0.05, 0) is 68.3 Å². The molecular weight excluding hydrogens is 339 g/mol. The van der Waals surface area contributed by atoms with Crippen molar-refractivity contribution in [3.8, 4) is 5.75 Å². The standard InChI is InChI=1S/C19H21FN2O2S/c1-24-13-3-2-12-10-14(25-16(12)15(13)20)18(23)21-17-11-4-8-22(9-5-11)19(17)6-7-19/h2-3,10-11,17H,4-9H2,1H3,(H,21,23). The molecular formula is C19H21FN2O2S. The molecule has 1 saturated carbocycles. The third-order valence-corrected chi connectivity index (χ3v) is 7.45. The Morgan fingerprint density at radius 2 is 2.12 bits per heavy atom. The van der Waals surface area contributed by atoms with E-state index in [1.807, 2.05) is 0 Å². The molecule has 1 atom stereocenters. The van der Waals surface area contributed by atoms with E-state index in [0.29, 0.717) is 15.5 Å². The summed E-state index contributed by atoms with van der Waals surface area (Å²) < 4.78 is 19.9. The first-order chi connectivity index (χ1) is 12.1. The first kappa shape index (κ1) is 15.6. The molecule has 4 fully saturated rings. The molecule has 4 heterocycles. The fourth-order valence-corrected chi connectivity index (χ4v) is 5.85. The van der Waals surface area contributed by atoms with Crippen LogP contribution in [0.15, 0.2) is 18.2 Å². The predicted octanol–water partition coefficient (Wildman–Crippen LogP) is 3.41. The second-order valence-corrected chi connectivity index (χ2v) is 8.54. The molecule has 3 saturated heterocycles. The van der Waals surface area contributed by atoms with Crippen LogP contribution in [0.5, 0.6) is 5.75 Å². The fraction of sp³-hybridized carbons (Fsp3) is 0.526. The number of thiophene rings is 1. The molecule has 6 heteroatoms. The third-order valence-electron chi connectivity index (χ3n) is 6.30. The smallest absolute Gasteiger partial charge is 0.261 e. The summed E-state index contributed by atoms with van der Waals surface area (Å²) in [4.78, 5) is 16.0. The minimum absolute atomic E-state index is 0.0652. The molecule has 2 bridgehead atoms. The lowest BCUT2D eigenvalue weighted by atomic mass is 9.77. The summed E-state index contributed by atoms with van der Waals surface area (Å²) in [5, 5.41) is 4.06. The molecule has 0 radical (unpaired) electrons. The Labute approximate surface area is 150 Å². The Morgan fingerprint density at radius 3 is 2.80 bits per heavy atom. The average Bonchev–Trinajstić information content (AvgIpc) is 3.28. The molecule has 2 aromatic rings. The van der Waals surface area contributed by atoms with Crippen molar-refractivity contribution in [3.63, 3.8) is 0 Å². The molecule has 1 unspecified atom stereocenters. The van der Waals surface area contributed by atoms with Crippen LogP contribution >= 0.6 is 11.3 Å². The highest BCUT2D eigenvalue weighted by molar-refractivity contribution is 7.20. The van der Waals surface area contributed by atoms with Gasteiger partial charge in [0.25, 0.3) is 5.91 Å². The van der Waals surface area contributed by atoms with Gasteiger partial charge >= 0.3 is 0 Å². The Bertz CT molecular complexity index is 852. The molecule has 1 amide bonds. The van der Waals surface area contributed by atoms with E-state index < -0.39 is 0 Å². The zero-order valence-electron chi connectivity index (χ0n) is 14.2. The number of nitrogens with one attached hydrogen (secondary N) is 1. The number of benzene rings is 1. The maximum absolute atomic E-state index is 14.4. The van der Waals surface area contributed by atoms with E-state index in [1.54, 1.807) is 18.2 Å². The number of hydrogen-bond donors (Lipinski definition) is 1. The molecule has 1 N–H and O–H groups in total. The summed E-state index contributed by atoms with van der Waals surface area (Å²) in [6, 6.07) is 5.45. The van der Waals surface area contributed by atoms with Crippen molar-refractivity contribution in [3.05, 3.63) is 28.9 Å². The van der Waals surface area contributed by atoms with Gasteiger partial charge in [0.1, 0.15) is 0 Å². The van der Waals surface area contributed by atoms with Crippen LogP contribution in [0.25, 0.3) is 10.1 Å². The quantitative estimate of drug-likeness (QED) is 0.912. The van der Waals surface area contributed by atoms with Gasteiger partial charge in [-0.1, -0.05) is 0 Å². The molecule has 3 aliphatic heterocycles. The number of ether oxygens (including phenoxy) is 1. The van der Waals surface area contributed by atoms with E-state index in [2.05, 4.69) is 10.2 Å². The molecule has 4 aliphatic rings. The minimum Gasteiger partial charge on any atom is -0.494 e. The van der Waals surface area contributed by atoms with Gasteiger partial charge in [-0.2, -0.15) is 0 Å². The number of piperidine rings is 3. The van der Waals surface area contributed by atoms with Crippen LogP contribution < -0.4 is 10.1 Å². The average molecular weight is 360 g/mol. The Balaban J connectivity index is 1.43. The topological polar surface area (TPSA) is 41.6 Å². The van der Waals surface area contributed by atoms with E-state index in [1.165, 1.54) is 57.2 Å². The van der Waals surface area contributed by atoms with Crippen LogP contribution in [0.2, 0.25) is 0 Å². The van der Waals surface area contributed by atoms with Crippen molar-refractivity contribution < 1.29 is 13.9 Å². The molecule has 1 aliphatic carbocycles. The molecule has 132 valence electrons. The predicted molar refractivity (Wildman–Crippen MR) is 95.9 cm³/mol. The van der Waals surface area contributed by atoms with E-state index in [0.717, 1.165) is 5.39 Å². The SMILES string of the molecule is COc1ccc2cc(C(=O)NC3C4CCN(CC4)C34CC4)sc2c1F. The van der Waals surface area contributed by atoms with Gasteiger partial charge in [-0.15, -0.1) is 11.3 Å². The molecule has 1 aromatic heterocycles. The zero-order valence-corrected chi connectivity index (χ0v) is 15.0. The van der Waals surface area contributed by atoms with Gasteiger partial charge in [-0.25, -0.2) is 4.39 Å². The van der Waals surface area contributed by atoms with Gasteiger partial charge in [-0.3, -0.25) is 9.69 Å². The van der Waals surface area contributed by atoms with Crippen molar-refractivity contribution in [1.29, 1.82) is 0 Å². The molecule has 6 rings (SSSR count). The summed E-state index contributed by atoms with van der Waals surface area (Å²) in [5.41, 5.74) is 0.210. The van der Waals surface area contributed by atoms with Crippen molar-refractivity contribution in [2.24, 2.45) is 5.92 Å². The third kappa shape index (κ3) is 2.23. The number of amides is 1. The minimum atomic E-state index is -0.384. The maximum Gasteiger partial charge on any atom is 0.261 e. The van der Waals surface area contributed by atoms with Crippen molar-refractivity contribution in [2.45, 2.75) is 37.3 Å². The first-order valence-corrected chi connectivity index (χ1v) is 9.76. The van der Waals surface area contributed by atoms with E-state index in [4.69, 9.17) is 4.74 Å². The van der Waals surface area contributed by atoms with E-state index >= 15 is 0 Å². The lowest BCUT2D eigenvalue weighted by Crippen LogP contribution is -2.65. The van der Waals surface area contributed by atoms with Crippen LogP contribution in [0.1, 0.15) is 35.4 Å². The van der Waals surface area contributed by atoms with Crippen molar-refractivity contribution >= 4 is 27.3 Å². The van der Waals surface area contributed by atoms with Crippen LogP contribution in [0.3, 0.4) is 0 Å². The second kappa shape index (κ2) is 5.42. The molecule has 1 spiro atoms. The van der Waals surface area contributed by atoms with Gasteiger partial charge in [0.15, 0.2) is 11.6 Å². The number of methoxy groups -OCH3 is 1. The highest BCUT2D eigenvalue weighted by Gasteiger charge is 2.60. The number of halogens is 1. The first-order valence-electron chi connectivity index (χ1n) is 8.94. The number of rotatable bonds is 3. The number of carbonyl (C=O) groups is 1. The molecule has 4 nitrogen and oxygen atoms in total. The Morgan fingerprint density at radius 1 is 1.36 bits per heavy atom. The maximum atomic E-state index is 14.4. The molecule has 25 heavy (non-hydrogen) atoms. The zero-order chi connectivity index (χ0) is 17.2. The van der Waals surface area contributed by atoms with Gasteiger partial charge in [0.2, 0.25) is 0 Å². The largest absolute Gasteiger partial charge is 0.494 e. The fourth-order valence-electron chi connectivity index (χ4n) is 4.85. The number of hydrogen-bond acceptors (Lipinski definition) is 4. The van der Waals surface area contributed by atoms with Crippen molar-refractivity contribution in [2.75, 3.05) is 20.2 Å². The van der Waals surface area contributed by atoms with Crippen LogP contribution in [-0.4, -0.2) is 42.6 Å².